The fraction of sp³-hybridized carbons (Fsp3) is 0.150. The van der Waals surface area contributed by atoms with E-state index in [0.717, 1.165) is 10.9 Å². The molecule has 0 radical (unpaired) electrons. The summed E-state index contributed by atoms with van der Waals surface area (Å²) in [5.41, 5.74) is 1.68. The van der Waals surface area contributed by atoms with Crippen molar-refractivity contribution in [3.05, 3.63) is 66.4 Å². The Morgan fingerprint density at radius 1 is 1.07 bits per heavy atom. The van der Waals surface area contributed by atoms with E-state index < -0.39 is 29.7 Å². The number of anilines is 1. The van der Waals surface area contributed by atoms with Crippen LogP contribution >= 0.6 is 0 Å². The van der Waals surface area contributed by atoms with E-state index in [2.05, 4.69) is 10.3 Å². The standard InChI is InChI=1S/C20H17N3O4/c24-18(16-10-12-6-4-5-9-15(12)21-16)22-17-14(20(26)27)11-23(19(17)25)13-7-2-1-3-8-13/h1-10,14,17,21H,11H2,(H,22,24)(H,26,27)/t14-,17+/m1/s1. The second kappa shape index (κ2) is 6.60. The number of fused-ring (bicyclic) bond motifs is 1. The number of nitrogens with zero attached hydrogens (tertiary/aromatic N) is 1. The third-order valence-electron chi connectivity index (χ3n) is 4.76. The van der Waals surface area contributed by atoms with Gasteiger partial charge in [0.15, 0.2) is 0 Å². The van der Waals surface area contributed by atoms with E-state index in [1.165, 1.54) is 4.90 Å². The van der Waals surface area contributed by atoms with Crippen LogP contribution in [0.4, 0.5) is 5.69 Å². The number of para-hydroxylation sites is 2. The Hall–Kier alpha value is -3.61. The van der Waals surface area contributed by atoms with Crippen molar-refractivity contribution in [3.63, 3.8) is 0 Å². The van der Waals surface area contributed by atoms with Crippen LogP contribution in [0.25, 0.3) is 10.9 Å². The zero-order valence-electron chi connectivity index (χ0n) is 14.3. The molecule has 0 saturated carbocycles. The smallest absolute Gasteiger partial charge is 0.310 e. The fourth-order valence-corrected chi connectivity index (χ4v) is 3.37. The van der Waals surface area contributed by atoms with E-state index in [0.29, 0.717) is 5.69 Å². The van der Waals surface area contributed by atoms with Crippen molar-refractivity contribution in [2.24, 2.45) is 5.92 Å². The maximum absolute atomic E-state index is 12.8. The Bertz CT molecular complexity index is 995. The van der Waals surface area contributed by atoms with E-state index in [4.69, 9.17) is 0 Å². The molecule has 0 bridgehead atoms. The van der Waals surface area contributed by atoms with Crippen LogP contribution in [-0.4, -0.2) is 40.5 Å². The molecule has 3 aromatic rings. The lowest BCUT2D eigenvalue weighted by Crippen LogP contribution is -2.46. The van der Waals surface area contributed by atoms with Gasteiger partial charge in [-0.05, 0) is 24.3 Å². The Balaban J connectivity index is 1.59. The maximum Gasteiger partial charge on any atom is 0.310 e. The van der Waals surface area contributed by atoms with Crippen LogP contribution in [0.5, 0.6) is 0 Å². The van der Waals surface area contributed by atoms with Gasteiger partial charge in [0.1, 0.15) is 17.7 Å². The molecule has 2 amide bonds. The molecular weight excluding hydrogens is 346 g/mol. The molecular formula is C20H17N3O4. The van der Waals surface area contributed by atoms with Crippen LogP contribution in [0.15, 0.2) is 60.7 Å². The molecule has 0 unspecified atom stereocenters. The first kappa shape index (κ1) is 16.8. The van der Waals surface area contributed by atoms with Gasteiger partial charge in [-0.2, -0.15) is 0 Å². The summed E-state index contributed by atoms with van der Waals surface area (Å²) in [6.07, 6.45) is 0. The number of hydrogen-bond acceptors (Lipinski definition) is 3. The minimum Gasteiger partial charge on any atom is -0.481 e. The van der Waals surface area contributed by atoms with Gasteiger partial charge in [-0.15, -0.1) is 0 Å². The molecule has 2 aromatic carbocycles. The second-order valence-electron chi connectivity index (χ2n) is 6.45. The van der Waals surface area contributed by atoms with Crippen LogP contribution in [-0.2, 0) is 9.59 Å². The van der Waals surface area contributed by atoms with Gasteiger partial charge < -0.3 is 20.3 Å². The van der Waals surface area contributed by atoms with Gasteiger partial charge in [-0.25, -0.2) is 0 Å². The molecule has 7 heteroatoms. The lowest BCUT2D eigenvalue weighted by molar-refractivity contribution is -0.142. The summed E-state index contributed by atoms with van der Waals surface area (Å²) < 4.78 is 0. The van der Waals surface area contributed by atoms with E-state index in [9.17, 15) is 19.5 Å². The monoisotopic (exact) mass is 363 g/mol. The van der Waals surface area contributed by atoms with Crippen LogP contribution in [0, 0.1) is 5.92 Å². The molecule has 136 valence electrons. The van der Waals surface area contributed by atoms with Crippen LogP contribution in [0.3, 0.4) is 0 Å². The van der Waals surface area contributed by atoms with E-state index in [1.807, 2.05) is 30.3 Å². The first-order chi connectivity index (χ1) is 13.0. The van der Waals surface area contributed by atoms with Crippen molar-refractivity contribution in [2.45, 2.75) is 6.04 Å². The molecule has 3 N–H and O–H groups in total. The largest absolute Gasteiger partial charge is 0.481 e. The van der Waals surface area contributed by atoms with Crippen molar-refractivity contribution in [2.75, 3.05) is 11.4 Å². The molecule has 0 spiro atoms. The molecule has 7 nitrogen and oxygen atoms in total. The van der Waals surface area contributed by atoms with Crippen LogP contribution in [0.2, 0.25) is 0 Å². The summed E-state index contributed by atoms with van der Waals surface area (Å²) in [5, 5.41) is 13.0. The summed E-state index contributed by atoms with van der Waals surface area (Å²) in [6, 6.07) is 16.8. The molecule has 1 saturated heterocycles. The zero-order valence-corrected chi connectivity index (χ0v) is 14.3. The average Bonchev–Trinajstić information content (AvgIpc) is 3.24. The number of benzene rings is 2. The third-order valence-corrected chi connectivity index (χ3v) is 4.76. The van der Waals surface area contributed by atoms with E-state index >= 15 is 0 Å². The molecule has 2 heterocycles. The zero-order chi connectivity index (χ0) is 19.0. The lowest BCUT2D eigenvalue weighted by atomic mass is 10.0. The van der Waals surface area contributed by atoms with Gasteiger partial charge in [0, 0.05) is 23.1 Å². The first-order valence-electron chi connectivity index (χ1n) is 8.52. The van der Waals surface area contributed by atoms with Crippen molar-refractivity contribution < 1.29 is 19.5 Å². The third kappa shape index (κ3) is 3.03. The Morgan fingerprint density at radius 3 is 2.48 bits per heavy atom. The van der Waals surface area contributed by atoms with Crippen LogP contribution < -0.4 is 10.2 Å². The van der Waals surface area contributed by atoms with E-state index in [-0.39, 0.29) is 12.2 Å². The highest BCUT2D eigenvalue weighted by molar-refractivity contribution is 6.07. The number of nitrogens with one attached hydrogen (secondary N) is 2. The Labute approximate surface area is 154 Å². The molecule has 0 aliphatic carbocycles. The van der Waals surface area contributed by atoms with E-state index in [1.54, 1.807) is 30.3 Å². The van der Waals surface area contributed by atoms with Gasteiger partial charge in [0.2, 0.25) is 0 Å². The van der Waals surface area contributed by atoms with Crippen molar-refractivity contribution in [1.82, 2.24) is 10.3 Å². The predicted octanol–water partition coefficient (Wildman–Crippen LogP) is 2.01. The number of carboxylic acids is 1. The number of amides is 2. The number of rotatable bonds is 4. The molecule has 1 aliphatic rings. The topological polar surface area (TPSA) is 102 Å². The summed E-state index contributed by atoms with van der Waals surface area (Å²) in [7, 11) is 0. The SMILES string of the molecule is O=C(N[C@@H]1C(=O)N(c2ccccc2)C[C@H]1C(=O)O)c1cc2ccccc2[nH]1. The quantitative estimate of drug-likeness (QED) is 0.660. The molecule has 1 fully saturated rings. The maximum atomic E-state index is 12.8. The van der Waals surface area contributed by atoms with Gasteiger partial charge >= 0.3 is 5.97 Å². The van der Waals surface area contributed by atoms with Gasteiger partial charge in [0.25, 0.3) is 11.8 Å². The van der Waals surface area contributed by atoms with Gasteiger partial charge in [-0.1, -0.05) is 36.4 Å². The normalized spacial score (nSPS) is 19.4. The van der Waals surface area contributed by atoms with Crippen LogP contribution in [0.1, 0.15) is 10.5 Å². The highest BCUT2D eigenvalue weighted by Gasteiger charge is 2.46. The summed E-state index contributed by atoms with van der Waals surface area (Å²) in [6.45, 7) is 0.00975. The molecule has 1 aromatic heterocycles. The van der Waals surface area contributed by atoms with Gasteiger partial charge in [0.05, 0.1) is 0 Å². The predicted molar refractivity (Wildman–Crippen MR) is 99.5 cm³/mol. The molecule has 27 heavy (non-hydrogen) atoms. The average molecular weight is 363 g/mol. The highest BCUT2D eigenvalue weighted by atomic mass is 16.4. The molecule has 4 rings (SSSR count). The lowest BCUT2D eigenvalue weighted by Gasteiger charge is -2.16. The Morgan fingerprint density at radius 2 is 1.78 bits per heavy atom. The van der Waals surface area contributed by atoms with Crippen molar-refractivity contribution in [1.29, 1.82) is 0 Å². The molecule has 2 atom stereocenters. The number of aromatic nitrogens is 1. The number of aromatic amines is 1. The minimum absolute atomic E-state index is 0.00975. The number of aliphatic carboxylic acids is 1. The highest BCUT2D eigenvalue weighted by Crippen LogP contribution is 2.26. The Kier molecular flexibility index (Phi) is 4.12. The second-order valence-corrected chi connectivity index (χ2v) is 6.45. The summed E-state index contributed by atoms with van der Waals surface area (Å²) >= 11 is 0. The number of carbonyl (C=O) groups excluding carboxylic acids is 2. The number of H-pyrrole nitrogens is 1. The van der Waals surface area contributed by atoms with Gasteiger partial charge in [-0.3, -0.25) is 14.4 Å². The minimum atomic E-state index is -1.12. The number of hydrogen-bond donors (Lipinski definition) is 3. The van der Waals surface area contributed by atoms with Crippen molar-refractivity contribution in [3.8, 4) is 0 Å². The fourth-order valence-electron chi connectivity index (χ4n) is 3.37. The van der Waals surface area contributed by atoms with Crippen molar-refractivity contribution >= 4 is 34.4 Å². The number of carboxylic acid groups (broad SMARTS) is 1. The summed E-state index contributed by atoms with van der Waals surface area (Å²) in [4.78, 5) is 41.5. The summed E-state index contributed by atoms with van der Waals surface area (Å²) in [5.74, 6) is -3.08. The molecule has 1 aliphatic heterocycles. The number of carbonyl (C=O) groups is 3. The first-order valence-corrected chi connectivity index (χ1v) is 8.52.